The molecule has 1 fully saturated rings. The van der Waals surface area contributed by atoms with Crippen molar-refractivity contribution in [3.05, 3.63) is 12.2 Å². The topological polar surface area (TPSA) is 88.2 Å². The number of carbonyl (C=O) groups is 1. The monoisotopic (exact) mass is 281 g/mol. The van der Waals surface area contributed by atoms with E-state index in [9.17, 15) is 4.79 Å². The van der Waals surface area contributed by atoms with Crippen molar-refractivity contribution >= 4 is 5.91 Å². The summed E-state index contributed by atoms with van der Waals surface area (Å²) in [5, 5.41) is 12.2. The van der Waals surface area contributed by atoms with E-state index in [1.54, 1.807) is 5.48 Å². The molecule has 1 unspecified atom stereocenters. The molecule has 2 rings (SSSR count). The van der Waals surface area contributed by atoms with E-state index in [0.717, 1.165) is 18.8 Å². The Bertz CT molecular complexity index is 388. The Hall–Kier alpha value is -1.43. The van der Waals surface area contributed by atoms with Gasteiger partial charge in [0.05, 0.1) is 0 Å². The average molecular weight is 281 g/mol. The van der Waals surface area contributed by atoms with Gasteiger partial charge in [0.25, 0.3) is 0 Å². The first kappa shape index (κ1) is 15.0. The second-order valence-corrected chi connectivity index (χ2v) is 5.65. The molecular weight excluding hydrogens is 258 g/mol. The summed E-state index contributed by atoms with van der Waals surface area (Å²) in [5.74, 6) is 0.801. The number of hydroxylamine groups is 1. The highest BCUT2D eigenvalue weighted by atomic mass is 16.5. The van der Waals surface area contributed by atoms with Gasteiger partial charge in [-0.15, -0.1) is 0 Å². The fourth-order valence-corrected chi connectivity index (χ4v) is 3.07. The zero-order valence-electron chi connectivity index (χ0n) is 11.8. The highest BCUT2D eigenvalue weighted by Crippen LogP contribution is 2.30. The first-order chi connectivity index (χ1) is 9.79. The van der Waals surface area contributed by atoms with Crippen molar-refractivity contribution in [2.75, 3.05) is 0 Å². The summed E-state index contributed by atoms with van der Waals surface area (Å²) in [5.41, 5.74) is 1.67. The van der Waals surface area contributed by atoms with E-state index in [2.05, 4.69) is 10.1 Å². The van der Waals surface area contributed by atoms with Crippen LogP contribution in [0.4, 0.5) is 0 Å². The average Bonchev–Trinajstić information content (AvgIpc) is 3.01. The van der Waals surface area contributed by atoms with Crippen molar-refractivity contribution in [3.63, 3.8) is 0 Å². The standard InChI is InChI=1S/C14H23N3O3/c18-13(17-19)9-12(14-15-10-16-20-14)8-4-7-11-5-2-1-3-6-11/h10-12,19H,1-9H2,(H,17,18). The predicted molar refractivity (Wildman–Crippen MR) is 72.0 cm³/mol. The molecule has 6 nitrogen and oxygen atoms in total. The van der Waals surface area contributed by atoms with Gasteiger partial charge < -0.3 is 4.52 Å². The summed E-state index contributed by atoms with van der Waals surface area (Å²) >= 11 is 0. The summed E-state index contributed by atoms with van der Waals surface area (Å²) < 4.78 is 5.06. The lowest BCUT2D eigenvalue weighted by Crippen LogP contribution is -2.21. The van der Waals surface area contributed by atoms with Crippen LogP contribution in [0.25, 0.3) is 0 Å². The number of nitrogens with zero attached hydrogens (tertiary/aromatic N) is 2. The van der Waals surface area contributed by atoms with Crippen molar-refractivity contribution in [2.24, 2.45) is 5.92 Å². The van der Waals surface area contributed by atoms with Gasteiger partial charge in [-0.2, -0.15) is 4.98 Å². The number of rotatable bonds is 7. The summed E-state index contributed by atoms with van der Waals surface area (Å²) in [6.07, 6.45) is 11.4. The van der Waals surface area contributed by atoms with Crippen LogP contribution in [0.3, 0.4) is 0 Å². The zero-order chi connectivity index (χ0) is 14.2. The van der Waals surface area contributed by atoms with E-state index in [-0.39, 0.29) is 12.3 Å². The van der Waals surface area contributed by atoms with Crippen LogP contribution in [0.1, 0.15) is 69.6 Å². The fraction of sp³-hybridized carbons (Fsp3) is 0.786. The van der Waals surface area contributed by atoms with Crippen LogP contribution in [-0.2, 0) is 4.79 Å². The summed E-state index contributed by atoms with van der Waals surface area (Å²) in [7, 11) is 0. The van der Waals surface area contributed by atoms with E-state index in [4.69, 9.17) is 9.73 Å². The molecule has 0 aliphatic heterocycles. The molecule has 112 valence electrons. The van der Waals surface area contributed by atoms with Crippen LogP contribution in [0.5, 0.6) is 0 Å². The van der Waals surface area contributed by atoms with Crippen LogP contribution in [-0.4, -0.2) is 21.3 Å². The van der Waals surface area contributed by atoms with Gasteiger partial charge in [0, 0.05) is 12.3 Å². The number of amides is 1. The minimum atomic E-state index is -0.411. The molecule has 1 aliphatic carbocycles. The quantitative estimate of drug-likeness (QED) is 0.592. The molecule has 0 spiro atoms. The normalized spacial score (nSPS) is 17.9. The first-order valence-corrected chi connectivity index (χ1v) is 7.49. The van der Waals surface area contributed by atoms with E-state index in [1.165, 1.54) is 44.9 Å². The summed E-state index contributed by atoms with van der Waals surface area (Å²) in [6.45, 7) is 0. The molecule has 1 aromatic rings. The largest absolute Gasteiger partial charge is 0.339 e. The van der Waals surface area contributed by atoms with E-state index in [0.29, 0.717) is 5.89 Å². The molecule has 1 saturated carbocycles. The highest BCUT2D eigenvalue weighted by molar-refractivity contribution is 5.75. The third-order valence-corrected chi connectivity index (χ3v) is 4.17. The number of aromatic nitrogens is 2. The minimum absolute atomic E-state index is 0.103. The Labute approximate surface area is 118 Å². The van der Waals surface area contributed by atoms with E-state index >= 15 is 0 Å². The van der Waals surface area contributed by atoms with Gasteiger partial charge in [-0.1, -0.05) is 50.1 Å². The Morgan fingerprint density at radius 2 is 2.25 bits per heavy atom. The lowest BCUT2D eigenvalue weighted by Gasteiger charge is -2.22. The van der Waals surface area contributed by atoms with Crippen molar-refractivity contribution in [1.29, 1.82) is 0 Å². The van der Waals surface area contributed by atoms with Crippen LogP contribution in [0.2, 0.25) is 0 Å². The van der Waals surface area contributed by atoms with E-state index in [1.807, 2.05) is 0 Å². The molecule has 1 aromatic heterocycles. The first-order valence-electron chi connectivity index (χ1n) is 7.49. The number of hydrogen-bond donors (Lipinski definition) is 2. The van der Waals surface area contributed by atoms with Crippen molar-refractivity contribution in [3.8, 4) is 0 Å². The lowest BCUT2D eigenvalue weighted by atomic mass is 9.84. The van der Waals surface area contributed by atoms with Gasteiger partial charge in [0.15, 0.2) is 6.33 Å². The maximum absolute atomic E-state index is 11.3. The Morgan fingerprint density at radius 1 is 1.45 bits per heavy atom. The minimum Gasteiger partial charge on any atom is -0.339 e. The molecule has 20 heavy (non-hydrogen) atoms. The molecule has 1 heterocycles. The van der Waals surface area contributed by atoms with E-state index < -0.39 is 5.91 Å². The molecule has 0 bridgehead atoms. The molecule has 0 radical (unpaired) electrons. The Kier molecular flexibility index (Phi) is 5.98. The maximum Gasteiger partial charge on any atom is 0.244 e. The number of nitrogens with one attached hydrogen (secondary N) is 1. The molecule has 6 heteroatoms. The van der Waals surface area contributed by atoms with Crippen LogP contribution >= 0.6 is 0 Å². The van der Waals surface area contributed by atoms with Crippen LogP contribution < -0.4 is 5.48 Å². The molecule has 0 aromatic carbocycles. The second-order valence-electron chi connectivity index (χ2n) is 5.65. The Balaban J connectivity index is 1.79. The molecule has 1 aliphatic rings. The maximum atomic E-state index is 11.3. The molecule has 1 atom stereocenters. The molecule has 0 saturated heterocycles. The SMILES string of the molecule is O=C(CC(CCCC1CCCCC1)c1ncno1)NO. The zero-order valence-corrected chi connectivity index (χ0v) is 11.8. The van der Waals surface area contributed by atoms with Gasteiger partial charge in [0.1, 0.15) is 0 Å². The molecular formula is C14H23N3O3. The van der Waals surface area contributed by atoms with Gasteiger partial charge in [-0.05, 0) is 12.3 Å². The smallest absolute Gasteiger partial charge is 0.244 e. The third-order valence-electron chi connectivity index (χ3n) is 4.17. The van der Waals surface area contributed by atoms with Gasteiger partial charge >= 0.3 is 0 Å². The van der Waals surface area contributed by atoms with Gasteiger partial charge in [0.2, 0.25) is 11.8 Å². The van der Waals surface area contributed by atoms with Crippen molar-refractivity contribution in [1.82, 2.24) is 15.6 Å². The third kappa shape index (κ3) is 4.59. The molecule has 2 N–H and O–H groups in total. The Morgan fingerprint density at radius 3 is 2.90 bits per heavy atom. The fourth-order valence-electron chi connectivity index (χ4n) is 3.07. The summed E-state index contributed by atoms with van der Waals surface area (Å²) in [4.78, 5) is 15.4. The van der Waals surface area contributed by atoms with Crippen molar-refractivity contribution < 1.29 is 14.5 Å². The summed E-state index contributed by atoms with van der Waals surface area (Å²) in [6, 6.07) is 0. The highest BCUT2D eigenvalue weighted by Gasteiger charge is 2.21. The predicted octanol–water partition coefficient (Wildman–Crippen LogP) is 2.80. The van der Waals surface area contributed by atoms with Gasteiger partial charge in [-0.3, -0.25) is 10.0 Å². The van der Waals surface area contributed by atoms with Gasteiger partial charge in [-0.25, -0.2) is 5.48 Å². The van der Waals surface area contributed by atoms with Crippen molar-refractivity contribution in [2.45, 2.75) is 63.7 Å². The lowest BCUT2D eigenvalue weighted by molar-refractivity contribution is -0.129. The number of hydrogen-bond acceptors (Lipinski definition) is 5. The second kappa shape index (κ2) is 7.99. The molecule has 1 amide bonds. The number of carbonyl (C=O) groups excluding carboxylic acids is 1. The van der Waals surface area contributed by atoms with Crippen LogP contribution in [0, 0.1) is 5.92 Å². The van der Waals surface area contributed by atoms with Crippen LogP contribution in [0.15, 0.2) is 10.9 Å².